The van der Waals surface area contributed by atoms with Crippen molar-refractivity contribution >= 4 is 5.82 Å². The van der Waals surface area contributed by atoms with Gasteiger partial charge in [-0.2, -0.15) is 5.10 Å². The molecule has 160 valence electrons. The molecule has 3 aliphatic heterocycles. The van der Waals surface area contributed by atoms with Crippen LogP contribution in [-0.4, -0.2) is 56.4 Å². The van der Waals surface area contributed by atoms with Crippen LogP contribution in [0.25, 0.3) is 22.4 Å². The first-order chi connectivity index (χ1) is 15.1. The van der Waals surface area contributed by atoms with Crippen molar-refractivity contribution in [3.8, 4) is 33.9 Å². The topological polar surface area (TPSA) is 88.3 Å². The highest BCUT2D eigenvalue weighted by atomic mass is 16.5. The zero-order valence-electron chi connectivity index (χ0n) is 17.5. The molecule has 5 heterocycles. The van der Waals surface area contributed by atoms with Crippen molar-refractivity contribution in [3.63, 3.8) is 0 Å². The molecule has 2 bridgehead atoms. The summed E-state index contributed by atoms with van der Waals surface area (Å²) in [6, 6.07) is 9.21. The second kappa shape index (κ2) is 7.23. The average Bonchev–Trinajstić information content (AvgIpc) is 3.37. The molecule has 1 aromatic carbocycles. The van der Waals surface area contributed by atoms with Crippen molar-refractivity contribution in [2.75, 3.05) is 18.1 Å². The van der Waals surface area contributed by atoms with Gasteiger partial charge in [-0.3, -0.25) is 4.68 Å². The fraction of sp³-hybridized carbons (Fsp3) is 0.435. The van der Waals surface area contributed by atoms with Gasteiger partial charge in [0.1, 0.15) is 18.1 Å². The zero-order valence-corrected chi connectivity index (χ0v) is 17.5. The van der Waals surface area contributed by atoms with E-state index in [1.54, 1.807) is 16.9 Å². The SMILES string of the molecule is Cn1cc(-c2ccc(-c3cc4c(nn3)N(C3CC5CC[C@@H](C3)N5)CCO4)c(O)c2)cn1. The molecule has 2 saturated heterocycles. The third-order valence-electron chi connectivity index (χ3n) is 6.80. The normalized spacial score (nSPS) is 24.7. The number of anilines is 1. The standard InChI is InChI=1S/C23H26N6O2/c1-28-13-15(12-24-28)14-2-5-19(21(30)8-14)20-11-22-23(27-26-20)29(6-7-31-22)18-9-16-3-4-17(10-18)25-16/h2,5,8,11-13,16-18,25,30H,3-4,6-7,9-10H2,1H3/t16-,17?,18?/m0/s1. The summed E-state index contributed by atoms with van der Waals surface area (Å²) >= 11 is 0. The van der Waals surface area contributed by atoms with Gasteiger partial charge in [-0.15, -0.1) is 10.2 Å². The minimum atomic E-state index is 0.165. The first-order valence-electron chi connectivity index (χ1n) is 11.0. The summed E-state index contributed by atoms with van der Waals surface area (Å²) in [4.78, 5) is 2.38. The van der Waals surface area contributed by atoms with Crippen LogP contribution in [0.3, 0.4) is 0 Å². The Balaban J connectivity index is 1.29. The van der Waals surface area contributed by atoms with Crippen molar-refractivity contribution in [2.24, 2.45) is 7.05 Å². The van der Waals surface area contributed by atoms with Crippen LogP contribution in [0.2, 0.25) is 0 Å². The van der Waals surface area contributed by atoms with Crippen molar-refractivity contribution in [1.29, 1.82) is 0 Å². The van der Waals surface area contributed by atoms with Crippen LogP contribution >= 0.6 is 0 Å². The van der Waals surface area contributed by atoms with Crippen LogP contribution in [0, 0.1) is 0 Å². The second-order valence-electron chi connectivity index (χ2n) is 8.86. The van der Waals surface area contributed by atoms with Crippen LogP contribution in [0.15, 0.2) is 36.7 Å². The molecule has 0 aliphatic carbocycles. The number of phenolic OH excluding ortho intramolecular Hbond substituents is 1. The zero-order chi connectivity index (χ0) is 20.9. The largest absolute Gasteiger partial charge is 0.507 e. The van der Waals surface area contributed by atoms with Gasteiger partial charge >= 0.3 is 0 Å². The third kappa shape index (κ3) is 3.31. The van der Waals surface area contributed by atoms with E-state index in [0.717, 1.165) is 42.1 Å². The second-order valence-corrected chi connectivity index (χ2v) is 8.86. The van der Waals surface area contributed by atoms with Gasteiger partial charge in [0.05, 0.1) is 12.7 Å². The molecule has 8 nitrogen and oxygen atoms in total. The molecule has 2 aromatic heterocycles. The summed E-state index contributed by atoms with van der Waals surface area (Å²) in [5, 5.41) is 27.6. The Labute approximate surface area is 180 Å². The Kier molecular flexibility index (Phi) is 4.34. The Morgan fingerprint density at radius 1 is 1.10 bits per heavy atom. The van der Waals surface area contributed by atoms with Gasteiger partial charge in [0.15, 0.2) is 11.6 Å². The molecular weight excluding hydrogens is 392 g/mol. The molecule has 8 heteroatoms. The molecule has 2 fully saturated rings. The lowest BCUT2D eigenvalue weighted by Crippen LogP contribution is -2.50. The number of ether oxygens (including phenoxy) is 1. The van der Waals surface area contributed by atoms with Gasteiger partial charge in [-0.1, -0.05) is 6.07 Å². The molecule has 3 aromatic rings. The number of phenols is 1. The van der Waals surface area contributed by atoms with E-state index in [1.165, 1.54) is 12.8 Å². The van der Waals surface area contributed by atoms with Gasteiger partial charge in [0.25, 0.3) is 0 Å². The van der Waals surface area contributed by atoms with E-state index in [2.05, 4.69) is 25.5 Å². The van der Waals surface area contributed by atoms with Crippen molar-refractivity contribution in [2.45, 2.75) is 43.8 Å². The minimum absolute atomic E-state index is 0.165. The quantitative estimate of drug-likeness (QED) is 0.676. The van der Waals surface area contributed by atoms with E-state index in [0.29, 0.717) is 36.0 Å². The summed E-state index contributed by atoms with van der Waals surface area (Å²) in [6.07, 6.45) is 8.55. The van der Waals surface area contributed by atoms with E-state index >= 15 is 0 Å². The van der Waals surface area contributed by atoms with Gasteiger partial charge in [0.2, 0.25) is 0 Å². The van der Waals surface area contributed by atoms with Crippen LogP contribution in [0.1, 0.15) is 25.7 Å². The fourth-order valence-electron chi connectivity index (χ4n) is 5.30. The van der Waals surface area contributed by atoms with Crippen LogP contribution < -0.4 is 15.0 Å². The molecule has 31 heavy (non-hydrogen) atoms. The van der Waals surface area contributed by atoms with E-state index in [-0.39, 0.29) is 5.75 Å². The molecule has 6 rings (SSSR count). The summed E-state index contributed by atoms with van der Waals surface area (Å²) in [7, 11) is 1.87. The van der Waals surface area contributed by atoms with E-state index in [4.69, 9.17) is 4.74 Å². The summed E-state index contributed by atoms with van der Waals surface area (Å²) < 4.78 is 7.70. The third-order valence-corrected chi connectivity index (χ3v) is 6.80. The lowest BCUT2D eigenvalue weighted by molar-refractivity contribution is 0.274. The summed E-state index contributed by atoms with van der Waals surface area (Å²) in [5.74, 6) is 1.74. The number of piperidine rings is 1. The predicted octanol–water partition coefficient (Wildman–Crippen LogP) is 2.73. The first-order valence-corrected chi connectivity index (χ1v) is 11.0. The van der Waals surface area contributed by atoms with Crippen molar-refractivity contribution in [1.82, 2.24) is 25.3 Å². The van der Waals surface area contributed by atoms with Crippen molar-refractivity contribution in [3.05, 3.63) is 36.7 Å². The maximum absolute atomic E-state index is 10.7. The fourth-order valence-corrected chi connectivity index (χ4v) is 5.30. The Hall–Kier alpha value is -3.13. The number of benzene rings is 1. The number of rotatable bonds is 3. The van der Waals surface area contributed by atoms with E-state index in [1.807, 2.05) is 31.4 Å². The lowest BCUT2D eigenvalue weighted by atomic mass is 9.97. The number of aromatic hydroxyl groups is 1. The number of aryl methyl sites for hydroxylation is 1. The number of hydrogen-bond donors (Lipinski definition) is 2. The van der Waals surface area contributed by atoms with Gasteiger partial charge < -0.3 is 20.1 Å². The van der Waals surface area contributed by atoms with Gasteiger partial charge in [-0.05, 0) is 43.4 Å². The number of nitrogens with zero attached hydrogens (tertiary/aromatic N) is 5. The minimum Gasteiger partial charge on any atom is -0.507 e. The maximum atomic E-state index is 10.7. The van der Waals surface area contributed by atoms with Gasteiger partial charge in [0, 0.05) is 48.6 Å². The Bertz CT molecular complexity index is 1120. The van der Waals surface area contributed by atoms with E-state index in [9.17, 15) is 5.11 Å². The monoisotopic (exact) mass is 418 g/mol. The summed E-state index contributed by atoms with van der Waals surface area (Å²) in [5.41, 5.74) is 3.11. The van der Waals surface area contributed by atoms with Crippen LogP contribution in [-0.2, 0) is 7.05 Å². The molecule has 2 unspecified atom stereocenters. The number of fused-ring (bicyclic) bond motifs is 3. The molecule has 0 spiro atoms. The molecule has 2 N–H and O–H groups in total. The molecular formula is C23H26N6O2. The summed E-state index contributed by atoms with van der Waals surface area (Å²) in [6.45, 7) is 1.49. The average molecular weight is 419 g/mol. The maximum Gasteiger partial charge on any atom is 0.194 e. The first kappa shape index (κ1) is 18.6. The molecule has 0 amide bonds. The molecule has 0 radical (unpaired) electrons. The smallest absolute Gasteiger partial charge is 0.194 e. The highest BCUT2D eigenvalue weighted by Crippen LogP contribution is 2.39. The predicted molar refractivity (Wildman–Crippen MR) is 117 cm³/mol. The molecule has 3 aliphatic rings. The lowest BCUT2D eigenvalue weighted by Gasteiger charge is -2.40. The highest BCUT2D eigenvalue weighted by molar-refractivity contribution is 5.75. The highest BCUT2D eigenvalue weighted by Gasteiger charge is 2.38. The van der Waals surface area contributed by atoms with Crippen LogP contribution in [0.4, 0.5) is 5.82 Å². The number of hydrogen-bond acceptors (Lipinski definition) is 7. The van der Waals surface area contributed by atoms with E-state index < -0.39 is 0 Å². The van der Waals surface area contributed by atoms with Crippen LogP contribution in [0.5, 0.6) is 11.5 Å². The Morgan fingerprint density at radius 3 is 2.68 bits per heavy atom. The van der Waals surface area contributed by atoms with Gasteiger partial charge in [-0.25, -0.2) is 0 Å². The number of nitrogens with one attached hydrogen (secondary N) is 1. The molecule has 3 atom stereocenters. The molecule has 0 saturated carbocycles. The Morgan fingerprint density at radius 2 is 1.94 bits per heavy atom. The van der Waals surface area contributed by atoms with Crippen molar-refractivity contribution < 1.29 is 9.84 Å². The number of aromatic nitrogens is 4.